The predicted octanol–water partition coefficient (Wildman–Crippen LogP) is -3.40. The molecule has 0 spiro atoms. The Morgan fingerprint density at radius 2 is 1.12 bits per heavy atom. The van der Waals surface area contributed by atoms with Gasteiger partial charge in [-0.2, -0.15) is 0 Å². The van der Waals surface area contributed by atoms with E-state index in [1.807, 2.05) is 0 Å². The van der Waals surface area contributed by atoms with Gasteiger partial charge in [-0.3, -0.25) is 4.79 Å². The van der Waals surface area contributed by atoms with E-state index in [4.69, 9.17) is 37.6 Å². The summed E-state index contributed by atoms with van der Waals surface area (Å²) < 4.78 is 45.4. The molecule has 0 bridgehead atoms. The molecule has 23 heteroatoms. The lowest BCUT2D eigenvalue weighted by Gasteiger charge is -2.40. The van der Waals surface area contributed by atoms with Crippen molar-refractivity contribution in [3.8, 4) is 51.4 Å². The zero-order chi connectivity index (χ0) is 46.9. The van der Waals surface area contributed by atoms with E-state index in [-0.39, 0.29) is 51.2 Å². The minimum Gasteiger partial charge on any atom is -0.508 e. The van der Waals surface area contributed by atoms with Crippen molar-refractivity contribution in [3.05, 3.63) is 82.5 Å². The third-order valence-corrected chi connectivity index (χ3v) is 10.8. The van der Waals surface area contributed by atoms with Gasteiger partial charge in [0.05, 0.1) is 24.9 Å². The number of benzene rings is 3. The molecule has 5 aliphatic rings. The molecule has 7 rings (SSSR count). The van der Waals surface area contributed by atoms with Gasteiger partial charge >= 0.3 is 5.97 Å². The molecule has 65 heavy (non-hydrogen) atoms. The maximum absolute atomic E-state index is 12.8. The van der Waals surface area contributed by atoms with E-state index >= 15 is 0 Å². The van der Waals surface area contributed by atoms with Gasteiger partial charge in [0.25, 0.3) is 0 Å². The predicted molar refractivity (Wildman–Crippen MR) is 215 cm³/mol. The third-order valence-electron chi connectivity index (χ3n) is 10.8. The molecule has 3 fully saturated rings. The number of aromatic hydroxyl groups is 2. The Bertz CT molecular complexity index is 2310. The highest BCUT2D eigenvalue weighted by Gasteiger charge is 2.48. The lowest BCUT2D eigenvalue weighted by molar-refractivity contribution is -0.277. The molecule has 352 valence electrons. The van der Waals surface area contributed by atoms with Crippen molar-refractivity contribution in [1.82, 2.24) is 0 Å². The molecule has 2 aromatic carbocycles. The first-order chi connectivity index (χ1) is 31.0. The second kappa shape index (κ2) is 19.9. The fourth-order valence-electron chi connectivity index (χ4n) is 7.13. The van der Waals surface area contributed by atoms with Crippen LogP contribution < -0.4 is 19.6 Å². The number of phenolic OH excluding ortho intramolecular Hbond substituents is 2. The topological polar surface area (TPSA) is 379 Å². The Balaban J connectivity index is 1.09. The number of hydrogen-bond donors (Lipinski definition) is 13. The van der Waals surface area contributed by atoms with Crippen LogP contribution >= 0.6 is 0 Å². The highest BCUT2D eigenvalue weighted by molar-refractivity contribution is 5.88. The molecule has 2 aromatic rings. The van der Waals surface area contributed by atoms with Crippen LogP contribution in [-0.4, -0.2) is 189 Å². The zero-order valence-corrected chi connectivity index (χ0v) is 33.6. The molecule has 4 aliphatic heterocycles. The average Bonchev–Trinajstić information content (AvgIpc) is 3.29. The van der Waals surface area contributed by atoms with Crippen LogP contribution in [0.2, 0.25) is 0 Å². The molecule has 23 nitrogen and oxygen atoms in total. The largest absolute Gasteiger partial charge is 0.510 e. The summed E-state index contributed by atoms with van der Waals surface area (Å²) in [5, 5.41) is 134. The molecule has 1 aliphatic carbocycles. The van der Waals surface area contributed by atoms with Crippen molar-refractivity contribution in [2.45, 2.75) is 92.1 Å². The third kappa shape index (κ3) is 10.2. The summed E-state index contributed by atoms with van der Waals surface area (Å²) in [5.41, 5.74) is -0.138. The summed E-state index contributed by atoms with van der Waals surface area (Å²) in [7, 11) is 0. The zero-order valence-electron chi connectivity index (χ0n) is 33.6. The van der Waals surface area contributed by atoms with Gasteiger partial charge in [-0.25, -0.2) is 0 Å². The van der Waals surface area contributed by atoms with Gasteiger partial charge in [-0.05, 0) is 54.1 Å². The maximum atomic E-state index is 12.8. The van der Waals surface area contributed by atoms with Gasteiger partial charge in [-0.15, -0.1) is 0 Å². The first-order valence-electron chi connectivity index (χ1n) is 19.9. The average molecular weight is 920 g/mol. The number of fused-ring (bicyclic) bond motifs is 1. The van der Waals surface area contributed by atoms with Crippen molar-refractivity contribution in [3.63, 3.8) is 0 Å². The van der Waals surface area contributed by atoms with Crippen LogP contribution in [0.1, 0.15) is 5.56 Å². The van der Waals surface area contributed by atoms with Gasteiger partial charge in [0, 0.05) is 17.7 Å². The van der Waals surface area contributed by atoms with E-state index in [0.717, 1.165) is 18.2 Å². The fourth-order valence-corrected chi connectivity index (χ4v) is 7.13. The van der Waals surface area contributed by atoms with Crippen LogP contribution in [0.4, 0.5) is 0 Å². The number of ether oxygens (including phenoxy) is 7. The number of rotatable bonds is 13. The molecule has 3 saturated heterocycles. The molecule has 0 radical (unpaired) electrons. The monoisotopic (exact) mass is 919 g/mol. The standard InChI is InChI=1S/C42H46O23/c43-13-26-30(49)33(52)36(55)40(63-26)60-23-11-19(46)10-22-20(23)12-25(39(59-22)17-3-5-18(45)6-4-17)62-42-38(57)35(54)32(51)28(65-42)15-58-29(48)8-2-16-1-7-21(47)24(9-16)61-41-37(56)34(53)31(50)27(14-44)64-41/h1-12,26-28,30-38,40-45,47,49-57H,13-15H2/p+1/t26-,27-,28-,30-,31-,32-,33+,34+,35+,36-,37-,38-,40-,41-,42-/m1/s1. The van der Waals surface area contributed by atoms with Gasteiger partial charge < -0.3 is 109 Å². The Labute approximate surface area is 366 Å². The molecule has 0 amide bonds. The Hall–Kier alpha value is -5.48. The fraction of sp³-hybridized carbons (Fsp3) is 0.429. The number of hydrogen-bond acceptors (Lipinski definition) is 22. The lowest BCUT2D eigenvalue weighted by Crippen LogP contribution is -2.60. The van der Waals surface area contributed by atoms with E-state index in [0.29, 0.717) is 0 Å². The first kappa shape index (κ1) is 47.5. The number of phenols is 2. The summed E-state index contributed by atoms with van der Waals surface area (Å²) in [6.45, 7) is -2.14. The van der Waals surface area contributed by atoms with E-state index < -0.39 is 129 Å². The van der Waals surface area contributed by atoms with E-state index in [1.165, 1.54) is 54.6 Å². The number of esters is 1. The van der Waals surface area contributed by atoms with Gasteiger partial charge in [0.15, 0.2) is 34.5 Å². The van der Waals surface area contributed by atoms with Gasteiger partial charge in [0.1, 0.15) is 84.4 Å². The normalized spacial score (nSPS) is 32.9. The molecule has 14 N–H and O–H groups in total. The van der Waals surface area contributed by atoms with Crippen molar-refractivity contribution >= 4 is 12.0 Å². The summed E-state index contributed by atoms with van der Waals surface area (Å²) in [6.07, 6.45) is -23.2. The highest BCUT2D eigenvalue weighted by Crippen LogP contribution is 2.43. The molecule has 0 unspecified atom stereocenters. The summed E-state index contributed by atoms with van der Waals surface area (Å²) >= 11 is 0. The van der Waals surface area contributed by atoms with E-state index in [2.05, 4.69) is 0 Å². The molecular formula is C42H47O23+. The van der Waals surface area contributed by atoms with Crippen LogP contribution in [0.5, 0.6) is 28.7 Å². The molecule has 15 atom stereocenters. The van der Waals surface area contributed by atoms with Crippen molar-refractivity contribution < 1.29 is 109 Å². The maximum Gasteiger partial charge on any atom is 0.510 e. The minimum atomic E-state index is -1.94. The number of aliphatic hydroxyl groups excluding tert-OH is 11. The van der Waals surface area contributed by atoms with Crippen LogP contribution in [0, 0.1) is 0 Å². The SMILES string of the molecule is O=c1cc2oc(-c3ccc(O)cc3)c(O[C@@H]3O[C@H](COC(=[OH+])C=Cc4ccc(O)c(O[C@@H]5O[C@H](CO)[C@@H](O)[C@H](O)[C@H]5O)c4)[C@@H](O)[C@H](O)[C@H]3O)cc-2c(O[C@@H]2O[C@H](CO)[C@@H](O)[C@H](O)[C@H]2O)c1. The molecule has 0 saturated carbocycles. The second-order valence-corrected chi connectivity index (χ2v) is 15.3. The van der Waals surface area contributed by atoms with Crippen molar-refractivity contribution in [2.24, 2.45) is 0 Å². The van der Waals surface area contributed by atoms with Crippen LogP contribution in [0.15, 0.2) is 76.0 Å². The highest BCUT2D eigenvalue weighted by atomic mass is 16.7. The smallest absolute Gasteiger partial charge is 0.508 e. The molecule has 0 aromatic heterocycles. The van der Waals surface area contributed by atoms with Gasteiger partial charge in [-0.1, -0.05) is 6.07 Å². The Morgan fingerprint density at radius 3 is 1.69 bits per heavy atom. The first-order valence-corrected chi connectivity index (χ1v) is 19.9. The lowest BCUT2D eigenvalue weighted by atomic mass is 9.99. The Morgan fingerprint density at radius 1 is 0.600 bits per heavy atom. The van der Waals surface area contributed by atoms with Crippen LogP contribution in [0.25, 0.3) is 28.7 Å². The number of aliphatic hydroxyl groups is 11. The van der Waals surface area contributed by atoms with Crippen molar-refractivity contribution in [2.75, 3.05) is 19.8 Å². The Kier molecular flexibility index (Phi) is 14.6. The van der Waals surface area contributed by atoms with E-state index in [9.17, 15) is 76.0 Å². The summed E-state index contributed by atoms with van der Waals surface area (Å²) in [5.74, 6) is -2.32. The van der Waals surface area contributed by atoms with Gasteiger partial charge in [0.2, 0.25) is 25.5 Å². The number of carbonyl (C=O) groups excluding carboxylic acids is 1. The quantitative estimate of drug-likeness (QED) is 0.0353. The summed E-state index contributed by atoms with van der Waals surface area (Å²) in [4.78, 5) is 23.4. The van der Waals surface area contributed by atoms with Crippen LogP contribution in [0.3, 0.4) is 0 Å². The van der Waals surface area contributed by atoms with Crippen molar-refractivity contribution in [1.29, 1.82) is 0 Å². The second-order valence-electron chi connectivity index (χ2n) is 15.3. The molecule has 4 heterocycles. The minimum absolute atomic E-state index is 0.0163. The van der Waals surface area contributed by atoms with Crippen LogP contribution in [-0.2, 0) is 18.9 Å². The van der Waals surface area contributed by atoms with E-state index in [1.54, 1.807) is 0 Å². The molecular weight excluding hydrogens is 872 g/mol. The summed E-state index contributed by atoms with van der Waals surface area (Å²) in [6, 6.07) is 12.6.